The van der Waals surface area contributed by atoms with Crippen molar-refractivity contribution in [3.8, 4) is 0 Å². The maximum atomic E-state index is 3.56. The Labute approximate surface area is 107 Å². The summed E-state index contributed by atoms with van der Waals surface area (Å²) in [4.78, 5) is 2.78. The summed E-state index contributed by atoms with van der Waals surface area (Å²) in [5.74, 6) is 2.70. The molecule has 4 unspecified atom stereocenters. The number of hydrogen-bond acceptors (Lipinski definition) is 2. The molecule has 1 aliphatic heterocycles. The Morgan fingerprint density at radius 1 is 1.18 bits per heavy atom. The van der Waals surface area contributed by atoms with Gasteiger partial charge in [0.25, 0.3) is 0 Å². The van der Waals surface area contributed by atoms with Gasteiger partial charge in [0.05, 0.1) is 0 Å². The van der Waals surface area contributed by atoms with Crippen LogP contribution < -0.4 is 5.32 Å². The molecule has 0 spiro atoms. The van der Waals surface area contributed by atoms with Gasteiger partial charge in [-0.2, -0.15) is 0 Å². The summed E-state index contributed by atoms with van der Waals surface area (Å²) in [6, 6.07) is 1.53. The lowest BCUT2D eigenvalue weighted by atomic mass is 9.73. The second-order valence-corrected chi connectivity index (χ2v) is 6.74. The molecule has 0 aromatic rings. The van der Waals surface area contributed by atoms with Gasteiger partial charge < -0.3 is 5.32 Å². The molecule has 100 valence electrons. The van der Waals surface area contributed by atoms with E-state index in [9.17, 15) is 0 Å². The van der Waals surface area contributed by atoms with Crippen LogP contribution in [-0.4, -0.2) is 36.6 Å². The highest BCUT2D eigenvalue weighted by Gasteiger charge is 2.35. The standard InChI is InChI=1S/C15H30N2/c1-11(2)14-6-5-12(3)9-15(14)17-8-7-16-13(4)10-17/h11-16H,5-10H2,1-4H3. The highest BCUT2D eigenvalue weighted by molar-refractivity contribution is 4.90. The molecule has 17 heavy (non-hydrogen) atoms. The predicted molar refractivity (Wildman–Crippen MR) is 74.2 cm³/mol. The first-order valence-corrected chi connectivity index (χ1v) is 7.55. The summed E-state index contributed by atoms with van der Waals surface area (Å²) in [5.41, 5.74) is 0. The van der Waals surface area contributed by atoms with Crippen LogP contribution in [0.25, 0.3) is 0 Å². The van der Waals surface area contributed by atoms with E-state index in [1.54, 1.807) is 0 Å². The van der Waals surface area contributed by atoms with Gasteiger partial charge >= 0.3 is 0 Å². The van der Waals surface area contributed by atoms with Gasteiger partial charge in [0, 0.05) is 31.7 Å². The Bertz CT molecular complexity index is 239. The second-order valence-electron chi connectivity index (χ2n) is 6.74. The SMILES string of the molecule is CC1CCC(C(C)C)C(N2CCNC(C)C2)C1. The van der Waals surface area contributed by atoms with Crippen molar-refractivity contribution in [2.45, 2.75) is 59.0 Å². The van der Waals surface area contributed by atoms with Crippen LogP contribution >= 0.6 is 0 Å². The molecule has 1 saturated carbocycles. The van der Waals surface area contributed by atoms with E-state index in [1.807, 2.05) is 0 Å². The van der Waals surface area contributed by atoms with Crippen LogP contribution in [0.5, 0.6) is 0 Å². The highest BCUT2D eigenvalue weighted by Crippen LogP contribution is 2.36. The molecule has 0 aromatic heterocycles. The number of nitrogens with zero attached hydrogens (tertiary/aromatic N) is 1. The van der Waals surface area contributed by atoms with E-state index in [1.165, 1.54) is 38.9 Å². The van der Waals surface area contributed by atoms with Crippen molar-refractivity contribution in [2.24, 2.45) is 17.8 Å². The van der Waals surface area contributed by atoms with Gasteiger partial charge in [0.15, 0.2) is 0 Å². The first-order valence-electron chi connectivity index (χ1n) is 7.55. The molecule has 0 bridgehead atoms. The van der Waals surface area contributed by atoms with Crippen molar-refractivity contribution in [2.75, 3.05) is 19.6 Å². The first-order chi connectivity index (χ1) is 8.08. The van der Waals surface area contributed by atoms with E-state index in [-0.39, 0.29) is 0 Å². The number of rotatable bonds is 2. The molecule has 1 aliphatic carbocycles. The van der Waals surface area contributed by atoms with Crippen LogP contribution in [0.4, 0.5) is 0 Å². The van der Waals surface area contributed by atoms with Crippen molar-refractivity contribution >= 4 is 0 Å². The molecule has 2 nitrogen and oxygen atoms in total. The van der Waals surface area contributed by atoms with Crippen molar-refractivity contribution in [3.63, 3.8) is 0 Å². The third-order valence-electron chi connectivity index (χ3n) is 4.86. The predicted octanol–water partition coefficient (Wildman–Crippen LogP) is 2.74. The molecule has 2 rings (SSSR count). The van der Waals surface area contributed by atoms with Crippen molar-refractivity contribution in [3.05, 3.63) is 0 Å². The van der Waals surface area contributed by atoms with E-state index >= 15 is 0 Å². The van der Waals surface area contributed by atoms with Gasteiger partial charge in [-0.25, -0.2) is 0 Å². The van der Waals surface area contributed by atoms with Gasteiger partial charge in [-0.3, -0.25) is 4.90 Å². The van der Waals surface area contributed by atoms with Gasteiger partial charge in [-0.15, -0.1) is 0 Å². The fourth-order valence-corrected chi connectivity index (χ4v) is 3.84. The van der Waals surface area contributed by atoms with Crippen LogP contribution in [0, 0.1) is 17.8 Å². The highest BCUT2D eigenvalue weighted by atomic mass is 15.2. The molecule has 1 heterocycles. The maximum absolute atomic E-state index is 3.56. The molecule has 2 heteroatoms. The Morgan fingerprint density at radius 3 is 2.59 bits per heavy atom. The van der Waals surface area contributed by atoms with E-state index < -0.39 is 0 Å². The molecule has 4 atom stereocenters. The molecule has 0 aromatic carbocycles. The van der Waals surface area contributed by atoms with E-state index in [0.29, 0.717) is 6.04 Å². The summed E-state index contributed by atoms with van der Waals surface area (Å²) in [7, 11) is 0. The first kappa shape index (κ1) is 13.4. The zero-order chi connectivity index (χ0) is 12.4. The average Bonchev–Trinajstić information content (AvgIpc) is 2.28. The lowest BCUT2D eigenvalue weighted by molar-refractivity contribution is 0.0413. The van der Waals surface area contributed by atoms with Crippen molar-refractivity contribution in [1.82, 2.24) is 10.2 Å². The Hall–Kier alpha value is -0.0800. The Kier molecular flexibility index (Phi) is 4.48. The quantitative estimate of drug-likeness (QED) is 0.796. The Morgan fingerprint density at radius 2 is 1.94 bits per heavy atom. The molecular formula is C15H30N2. The Balaban J connectivity index is 2.03. The number of nitrogens with one attached hydrogen (secondary N) is 1. The molecule has 1 N–H and O–H groups in total. The zero-order valence-electron chi connectivity index (χ0n) is 12.1. The zero-order valence-corrected chi connectivity index (χ0v) is 12.1. The summed E-state index contributed by atoms with van der Waals surface area (Å²) in [6.45, 7) is 13.3. The normalized spacial score (nSPS) is 40.8. The van der Waals surface area contributed by atoms with Gasteiger partial charge in [-0.1, -0.05) is 27.2 Å². The fourth-order valence-electron chi connectivity index (χ4n) is 3.84. The van der Waals surface area contributed by atoms with Crippen LogP contribution in [0.3, 0.4) is 0 Å². The second kappa shape index (κ2) is 5.71. The van der Waals surface area contributed by atoms with Crippen LogP contribution in [-0.2, 0) is 0 Å². The molecule has 2 aliphatic rings. The van der Waals surface area contributed by atoms with Crippen LogP contribution in [0.2, 0.25) is 0 Å². The van der Waals surface area contributed by atoms with Gasteiger partial charge in [0.1, 0.15) is 0 Å². The van der Waals surface area contributed by atoms with Crippen molar-refractivity contribution in [1.29, 1.82) is 0 Å². The lowest BCUT2D eigenvalue weighted by Crippen LogP contribution is -2.56. The van der Waals surface area contributed by atoms with Gasteiger partial charge in [-0.05, 0) is 37.5 Å². The van der Waals surface area contributed by atoms with E-state index in [2.05, 4.69) is 37.9 Å². The van der Waals surface area contributed by atoms with Gasteiger partial charge in [0.2, 0.25) is 0 Å². The molecule has 2 fully saturated rings. The molecule has 1 saturated heterocycles. The minimum atomic E-state index is 0.675. The van der Waals surface area contributed by atoms with E-state index in [4.69, 9.17) is 0 Å². The number of piperazine rings is 1. The number of hydrogen-bond donors (Lipinski definition) is 1. The monoisotopic (exact) mass is 238 g/mol. The lowest BCUT2D eigenvalue weighted by Gasteiger charge is -2.46. The molecular weight excluding hydrogens is 208 g/mol. The summed E-state index contributed by atoms with van der Waals surface area (Å²) >= 11 is 0. The van der Waals surface area contributed by atoms with Crippen LogP contribution in [0.1, 0.15) is 47.0 Å². The summed E-state index contributed by atoms with van der Waals surface area (Å²) in [5, 5.41) is 3.56. The fraction of sp³-hybridized carbons (Fsp3) is 1.00. The smallest absolute Gasteiger partial charge is 0.0167 e. The van der Waals surface area contributed by atoms with E-state index in [0.717, 1.165) is 23.8 Å². The minimum absolute atomic E-state index is 0.675. The third-order valence-corrected chi connectivity index (χ3v) is 4.86. The largest absolute Gasteiger partial charge is 0.312 e. The topological polar surface area (TPSA) is 15.3 Å². The molecule has 0 amide bonds. The maximum Gasteiger partial charge on any atom is 0.0167 e. The van der Waals surface area contributed by atoms with Crippen LogP contribution in [0.15, 0.2) is 0 Å². The third kappa shape index (κ3) is 3.23. The average molecular weight is 238 g/mol. The minimum Gasteiger partial charge on any atom is -0.312 e. The summed E-state index contributed by atoms with van der Waals surface area (Å²) < 4.78 is 0. The molecule has 0 radical (unpaired) electrons. The van der Waals surface area contributed by atoms with Crippen molar-refractivity contribution < 1.29 is 0 Å². The summed E-state index contributed by atoms with van der Waals surface area (Å²) in [6.07, 6.45) is 4.32.